The second kappa shape index (κ2) is 7.48. The third-order valence-corrected chi connectivity index (χ3v) is 6.19. The van der Waals surface area contributed by atoms with E-state index in [1.165, 1.54) is 11.2 Å². The van der Waals surface area contributed by atoms with E-state index in [-0.39, 0.29) is 36.9 Å². The van der Waals surface area contributed by atoms with Crippen molar-refractivity contribution in [2.24, 2.45) is 5.92 Å². The first-order valence-corrected chi connectivity index (χ1v) is 10.1. The summed E-state index contributed by atoms with van der Waals surface area (Å²) in [6.07, 6.45) is 1.90. The van der Waals surface area contributed by atoms with Gasteiger partial charge >= 0.3 is 5.97 Å². The molecule has 142 valence electrons. The zero-order valence-corrected chi connectivity index (χ0v) is 14.9. The van der Waals surface area contributed by atoms with Crippen LogP contribution >= 0.6 is 0 Å². The summed E-state index contributed by atoms with van der Waals surface area (Å²) in [4.78, 5) is 37.4. The Balaban J connectivity index is 1.42. The Morgan fingerprint density at radius 1 is 1.38 bits per heavy atom. The Kier molecular flexibility index (Phi) is 5.30. The van der Waals surface area contributed by atoms with E-state index in [0.717, 1.165) is 0 Å². The standard InChI is InChI=1S/C16H20N2O7S/c19-14(17-12-3-5-26(22,23)10-12)9-25-16(21)11-6-15(20)18(7-11)8-13-2-1-4-24-13/h1-2,4,11-12H,3,5-10H2,(H,17,19)/t11-,12-/m0/s1. The second-order valence-corrected chi connectivity index (χ2v) is 8.76. The van der Waals surface area contributed by atoms with Gasteiger partial charge in [0.2, 0.25) is 5.91 Å². The lowest BCUT2D eigenvalue weighted by Crippen LogP contribution is -2.38. The maximum absolute atomic E-state index is 12.1. The molecule has 1 N–H and O–H groups in total. The van der Waals surface area contributed by atoms with Gasteiger partial charge in [0.05, 0.1) is 30.2 Å². The zero-order chi connectivity index (χ0) is 18.7. The fraction of sp³-hybridized carbons (Fsp3) is 0.562. The van der Waals surface area contributed by atoms with E-state index in [4.69, 9.17) is 9.15 Å². The third-order valence-electron chi connectivity index (χ3n) is 4.42. The Labute approximate surface area is 150 Å². The van der Waals surface area contributed by atoms with Crippen LogP contribution in [0, 0.1) is 5.92 Å². The van der Waals surface area contributed by atoms with Crippen molar-refractivity contribution in [1.82, 2.24) is 10.2 Å². The number of esters is 1. The molecule has 1 aromatic heterocycles. The molecule has 2 aliphatic heterocycles. The highest BCUT2D eigenvalue weighted by molar-refractivity contribution is 7.91. The fourth-order valence-corrected chi connectivity index (χ4v) is 4.78. The molecule has 0 spiro atoms. The summed E-state index contributed by atoms with van der Waals surface area (Å²) in [5, 5.41) is 2.54. The van der Waals surface area contributed by atoms with Crippen LogP contribution in [-0.4, -0.2) is 61.8 Å². The van der Waals surface area contributed by atoms with Crippen molar-refractivity contribution in [3.8, 4) is 0 Å². The monoisotopic (exact) mass is 384 g/mol. The van der Waals surface area contributed by atoms with Crippen LogP contribution in [0.1, 0.15) is 18.6 Å². The second-order valence-electron chi connectivity index (χ2n) is 6.53. The number of furan rings is 1. The number of likely N-dealkylation sites (tertiary alicyclic amines) is 1. The predicted molar refractivity (Wildman–Crippen MR) is 88.4 cm³/mol. The highest BCUT2D eigenvalue weighted by Gasteiger charge is 2.36. The molecule has 9 nitrogen and oxygen atoms in total. The molecule has 2 fully saturated rings. The highest BCUT2D eigenvalue weighted by Crippen LogP contribution is 2.21. The third kappa shape index (κ3) is 4.63. The molecule has 0 bridgehead atoms. The number of amides is 2. The van der Waals surface area contributed by atoms with Gasteiger partial charge < -0.3 is 19.4 Å². The van der Waals surface area contributed by atoms with E-state index in [1.54, 1.807) is 12.1 Å². The lowest BCUT2D eigenvalue weighted by Gasteiger charge is -2.15. The minimum atomic E-state index is -3.09. The molecule has 0 aliphatic carbocycles. The van der Waals surface area contributed by atoms with Crippen LogP contribution in [0.15, 0.2) is 22.8 Å². The average Bonchev–Trinajstić information content (AvgIpc) is 3.28. The Hall–Kier alpha value is -2.36. The van der Waals surface area contributed by atoms with Gasteiger partial charge in [-0.1, -0.05) is 0 Å². The maximum atomic E-state index is 12.1. The molecule has 2 aliphatic rings. The molecule has 0 unspecified atom stereocenters. The van der Waals surface area contributed by atoms with Crippen molar-refractivity contribution in [3.63, 3.8) is 0 Å². The van der Waals surface area contributed by atoms with Crippen molar-refractivity contribution >= 4 is 27.6 Å². The number of rotatable bonds is 6. The van der Waals surface area contributed by atoms with Crippen molar-refractivity contribution in [2.75, 3.05) is 24.7 Å². The first kappa shape index (κ1) is 18.4. The summed E-state index contributed by atoms with van der Waals surface area (Å²) in [6, 6.07) is 3.02. The van der Waals surface area contributed by atoms with Crippen molar-refractivity contribution in [1.29, 1.82) is 0 Å². The van der Waals surface area contributed by atoms with Gasteiger partial charge in [-0.3, -0.25) is 14.4 Å². The summed E-state index contributed by atoms with van der Waals surface area (Å²) in [7, 11) is -3.09. The number of hydrogen-bond donors (Lipinski definition) is 1. The normalized spacial score (nSPS) is 24.6. The highest BCUT2D eigenvalue weighted by atomic mass is 32.2. The molecule has 2 amide bonds. The van der Waals surface area contributed by atoms with E-state index in [1.807, 2.05) is 0 Å². The number of nitrogens with one attached hydrogen (secondary N) is 1. The number of hydrogen-bond acceptors (Lipinski definition) is 7. The fourth-order valence-electron chi connectivity index (χ4n) is 3.11. The van der Waals surface area contributed by atoms with Crippen LogP contribution in [0.2, 0.25) is 0 Å². The van der Waals surface area contributed by atoms with Crippen LogP contribution < -0.4 is 5.32 Å². The molecule has 26 heavy (non-hydrogen) atoms. The molecule has 0 radical (unpaired) electrons. The summed E-state index contributed by atoms with van der Waals surface area (Å²) >= 11 is 0. The Bertz CT molecular complexity index is 788. The smallest absolute Gasteiger partial charge is 0.311 e. The summed E-state index contributed by atoms with van der Waals surface area (Å²) in [6.45, 7) is 0.00532. The van der Waals surface area contributed by atoms with Gasteiger partial charge in [-0.15, -0.1) is 0 Å². The minimum absolute atomic E-state index is 0.0298. The molecule has 10 heteroatoms. The molecule has 2 saturated heterocycles. The van der Waals surface area contributed by atoms with Crippen LogP contribution in [-0.2, 0) is 35.5 Å². The molecular weight excluding hydrogens is 364 g/mol. The van der Waals surface area contributed by atoms with Gasteiger partial charge in [0.15, 0.2) is 16.4 Å². The maximum Gasteiger partial charge on any atom is 0.311 e. The Morgan fingerprint density at radius 2 is 2.19 bits per heavy atom. The van der Waals surface area contributed by atoms with Gasteiger partial charge in [0.1, 0.15) is 5.76 Å². The average molecular weight is 384 g/mol. The van der Waals surface area contributed by atoms with Crippen molar-refractivity contribution in [2.45, 2.75) is 25.4 Å². The first-order chi connectivity index (χ1) is 12.3. The summed E-state index contributed by atoms with van der Waals surface area (Å²) in [5.41, 5.74) is 0. The number of nitrogens with zero attached hydrogens (tertiary/aromatic N) is 1. The molecule has 2 atom stereocenters. The van der Waals surface area contributed by atoms with E-state index in [2.05, 4.69) is 5.32 Å². The molecule has 0 aromatic carbocycles. The van der Waals surface area contributed by atoms with Crippen LogP contribution in [0.4, 0.5) is 0 Å². The summed E-state index contributed by atoms with van der Waals surface area (Å²) in [5.74, 6) is -1.38. The van der Waals surface area contributed by atoms with Gasteiger partial charge in [-0.05, 0) is 18.6 Å². The van der Waals surface area contributed by atoms with Crippen LogP contribution in [0.5, 0.6) is 0 Å². The minimum Gasteiger partial charge on any atom is -0.467 e. The largest absolute Gasteiger partial charge is 0.467 e. The van der Waals surface area contributed by atoms with E-state index >= 15 is 0 Å². The lowest BCUT2D eigenvalue weighted by molar-refractivity contribution is -0.152. The van der Waals surface area contributed by atoms with Crippen molar-refractivity contribution in [3.05, 3.63) is 24.2 Å². The zero-order valence-electron chi connectivity index (χ0n) is 14.0. The first-order valence-electron chi connectivity index (χ1n) is 8.29. The molecule has 1 aromatic rings. The molecule has 3 rings (SSSR count). The van der Waals surface area contributed by atoms with E-state index in [9.17, 15) is 22.8 Å². The predicted octanol–water partition coefficient (Wildman–Crippen LogP) is -0.525. The van der Waals surface area contributed by atoms with E-state index < -0.39 is 40.3 Å². The van der Waals surface area contributed by atoms with Crippen molar-refractivity contribution < 1.29 is 32.0 Å². The van der Waals surface area contributed by atoms with Gasteiger partial charge in [0.25, 0.3) is 5.91 Å². The van der Waals surface area contributed by atoms with Gasteiger partial charge in [0, 0.05) is 19.0 Å². The summed E-state index contributed by atoms with van der Waals surface area (Å²) < 4.78 is 32.9. The number of sulfone groups is 1. The number of carbonyl (C=O) groups excluding carboxylic acids is 3. The van der Waals surface area contributed by atoms with Crippen LogP contribution in [0.3, 0.4) is 0 Å². The number of ether oxygens (including phenoxy) is 1. The quantitative estimate of drug-likeness (QED) is 0.654. The topological polar surface area (TPSA) is 123 Å². The Morgan fingerprint density at radius 3 is 2.85 bits per heavy atom. The molecule has 3 heterocycles. The van der Waals surface area contributed by atoms with Crippen LogP contribution in [0.25, 0.3) is 0 Å². The molecule has 0 saturated carbocycles. The lowest BCUT2D eigenvalue weighted by atomic mass is 10.1. The van der Waals surface area contributed by atoms with Gasteiger partial charge in [-0.2, -0.15) is 0 Å². The SMILES string of the molecule is O=C(COC(=O)[C@H]1CC(=O)N(Cc2ccco2)C1)N[C@H]1CCS(=O)(=O)C1. The van der Waals surface area contributed by atoms with E-state index in [0.29, 0.717) is 12.2 Å². The number of carbonyl (C=O) groups is 3. The van der Waals surface area contributed by atoms with Gasteiger partial charge in [-0.25, -0.2) is 8.42 Å². The molecular formula is C16H20N2O7S.